The molecule has 18 heavy (non-hydrogen) atoms. The zero-order chi connectivity index (χ0) is 13.3. The van der Waals surface area contributed by atoms with Gasteiger partial charge >= 0.3 is 5.97 Å². The van der Waals surface area contributed by atoms with E-state index < -0.39 is 17.6 Å². The van der Waals surface area contributed by atoms with E-state index in [0.29, 0.717) is 16.7 Å². The number of hydrogen-bond acceptors (Lipinski definition) is 1. The van der Waals surface area contributed by atoms with Crippen LogP contribution in [0.2, 0.25) is 5.02 Å². The van der Waals surface area contributed by atoms with Gasteiger partial charge in [-0.2, -0.15) is 0 Å². The van der Waals surface area contributed by atoms with Crippen LogP contribution in [0.3, 0.4) is 0 Å². The summed E-state index contributed by atoms with van der Waals surface area (Å²) in [6.07, 6.45) is 0. The lowest BCUT2D eigenvalue weighted by molar-refractivity contribution is 0.0697. The molecular weight excluding hydrogens is 262 g/mol. The van der Waals surface area contributed by atoms with Crippen LogP contribution in [0.15, 0.2) is 36.4 Å². The number of hydrogen-bond donors (Lipinski definition) is 1. The zero-order valence-corrected chi connectivity index (χ0v) is 9.71. The largest absolute Gasteiger partial charge is 0.478 e. The molecule has 2 aromatic carbocycles. The maximum atomic E-state index is 13.2. The van der Waals surface area contributed by atoms with Gasteiger partial charge in [0, 0.05) is 5.02 Å². The van der Waals surface area contributed by atoms with Crippen LogP contribution in [0.1, 0.15) is 10.4 Å². The maximum Gasteiger partial charge on any atom is 0.336 e. The summed E-state index contributed by atoms with van der Waals surface area (Å²) in [6.45, 7) is 0. The van der Waals surface area contributed by atoms with E-state index in [4.69, 9.17) is 16.7 Å². The Morgan fingerprint density at radius 1 is 1.06 bits per heavy atom. The van der Waals surface area contributed by atoms with Crippen molar-refractivity contribution in [1.29, 1.82) is 0 Å². The van der Waals surface area contributed by atoms with Crippen molar-refractivity contribution < 1.29 is 18.7 Å². The third kappa shape index (κ3) is 2.33. The molecule has 0 bridgehead atoms. The molecule has 0 fully saturated rings. The van der Waals surface area contributed by atoms with Gasteiger partial charge in [-0.05, 0) is 35.4 Å². The first-order valence-corrected chi connectivity index (χ1v) is 5.35. The monoisotopic (exact) mass is 268 g/mol. The molecule has 0 heterocycles. The minimum atomic E-state index is -1.32. The Balaban J connectivity index is 2.65. The van der Waals surface area contributed by atoms with E-state index in [-0.39, 0.29) is 11.1 Å². The number of halogens is 3. The fraction of sp³-hybridized carbons (Fsp3) is 0. The summed E-state index contributed by atoms with van der Waals surface area (Å²) in [5.74, 6) is -3.60. The van der Waals surface area contributed by atoms with Crippen LogP contribution < -0.4 is 0 Å². The Morgan fingerprint density at radius 2 is 1.61 bits per heavy atom. The normalized spacial score (nSPS) is 10.4. The topological polar surface area (TPSA) is 37.3 Å². The number of rotatable bonds is 2. The molecule has 0 aliphatic heterocycles. The van der Waals surface area contributed by atoms with Gasteiger partial charge in [-0.3, -0.25) is 0 Å². The van der Waals surface area contributed by atoms with Gasteiger partial charge < -0.3 is 5.11 Å². The highest BCUT2D eigenvalue weighted by atomic mass is 35.5. The summed E-state index contributed by atoms with van der Waals surface area (Å²) in [5, 5.41) is 9.45. The third-order valence-electron chi connectivity index (χ3n) is 2.45. The highest BCUT2D eigenvalue weighted by Gasteiger charge is 2.16. The summed E-state index contributed by atoms with van der Waals surface area (Å²) in [5.41, 5.74) is 0.269. The standard InChI is InChI=1S/C13H7ClF2O2/c14-8-3-1-7(2-4-8)9-5-11(15)12(16)6-10(9)13(17)18/h1-6H,(H,17,18). The van der Waals surface area contributed by atoms with Crippen LogP contribution in [0, 0.1) is 11.6 Å². The second-order valence-electron chi connectivity index (χ2n) is 3.62. The van der Waals surface area contributed by atoms with Crippen molar-refractivity contribution in [2.75, 3.05) is 0 Å². The van der Waals surface area contributed by atoms with Crippen molar-refractivity contribution in [2.45, 2.75) is 0 Å². The molecule has 2 rings (SSSR count). The average Bonchev–Trinajstić information content (AvgIpc) is 2.33. The molecule has 0 unspecified atom stereocenters. The highest BCUT2D eigenvalue weighted by Crippen LogP contribution is 2.27. The van der Waals surface area contributed by atoms with E-state index in [0.717, 1.165) is 6.07 Å². The predicted octanol–water partition coefficient (Wildman–Crippen LogP) is 3.98. The summed E-state index contributed by atoms with van der Waals surface area (Å²) < 4.78 is 26.2. The van der Waals surface area contributed by atoms with E-state index in [2.05, 4.69) is 0 Å². The second kappa shape index (κ2) is 4.74. The van der Waals surface area contributed by atoms with Crippen LogP contribution in [-0.2, 0) is 0 Å². The van der Waals surface area contributed by atoms with Gasteiger partial charge in [0.05, 0.1) is 5.56 Å². The maximum absolute atomic E-state index is 13.2. The molecule has 0 radical (unpaired) electrons. The fourth-order valence-electron chi connectivity index (χ4n) is 1.59. The SMILES string of the molecule is O=C(O)c1cc(F)c(F)cc1-c1ccc(Cl)cc1. The molecule has 92 valence electrons. The fourth-order valence-corrected chi connectivity index (χ4v) is 1.72. The number of carboxylic acids is 1. The number of carboxylic acid groups (broad SMARTS) is 1. The molecule has 0 aliphatic rings. The summed E-state index contributed by atoms with van der Waals surface area (Å²) >= 11 is 5.71. The number of benzene rings is 2. The molecule has 0 atom stereocenters. The molecule has 0 amide bonds. The molecular formula is C13H7ClF2O2. The quantitative estimate of drug-likeness (QED) is 0.894. The summed E-state index contributed by atoms with van der Waals surface area (Å²) in [4.78, 5) is 11.0. The molecule has 0 saturated carbocycles. The van der Waals surface area contributed by atoms with Gasteiger partial charge in [0.25, 0.3) is 0 Å². The first-order chi connectivity index (χ1) is 8.49. The molecule has 0 spiro atoms. The van der Waals surface area contributed by atoms with E-state index in [9.17, 15) is 13.6 Å². The smallest absolute Gasteiger partial charge is 0.336 e. The van der Waals surface area contributed by atoms with E-state index >= 15 is 0 Å². The molecule has 5 heteroatoms. The van der Waals surface area contributed by atoms with Crippen LogP contribution in [0.25, 0.3) is 11.1 Å². The van der Waals surface area contributed by atoms with Gasteiger partial charge in [-0.1, -0.05) is 23.7 Å². The van der Waals surface area contributed by atoms with Gasteiger partial charge in [-0.25, -0.2) is 13.6 Å². The highest BCUT2D eigenvalue weighted by molar-refractivity contribution is 6.30. The van der Waals surface area contributed by atoms with Crippen LogP contribution in [0.5, 0.6) is 0 Å². The minimum Gasteiger partial charge on any atom is -0.478 e. The zero-order valence-electron chi connectivity index (χ0n) is 8.95. The van der Waals surface area contributed by atoms with Crippen molar-refractivity contribution >= 4 is 17.6 Å². The third-order valence-corrected chi connectivity index (χ3v) is 2.70. The van der Waals surface area contributed by atoms with Gasteiger partial charge in [0.1, 0.15) is 0 Å². The molecule has 0 saturated heterocycles. The van der Waals surface area contributed by atoms with Crippen LogP contribution in [0.4, 0.5) is 8.78 Å². The molecule has 0 aromatic heterocycles. The first kappa shape index (κ1) is 12.5. The Morgan fingerprint density at radius 3 is 2.17 bits per heavy atom. The lowest BCUT2D eigenvalue weighted by atomic mass is 9.99. The van der Waals surface area contributed by atoms with Crippen molar-refractivity contribution in [3.8, 4) is 11.1 Å². The van der Waals surface area contributed by atoms with Crippen molar-refractivity contribution in [3.05, 3.63) is 58.6 Å². The van der Waals surface area contributed by atoms with Crippen molar-refractivity contribution in [2.24, 2.45) is 0 Å². The second-order valence-corrected chi connectivity index (χ2v) is 4.06. The van der Waals surface area contributed by atoms with E-state index in [1.54, 1.807) is 24.3 Å². The van der Waals surface area contributed by atoms with Crippen LogP contribution >= 0.6 is 11.6 Å². The molecule has 2 nitrogen and oxygen atoms in total. The lowest BCUT2D eigenvalue weighted by Crippen LogP contribution is -2.02. The Hall–Kier alpha value is -1.94. The van der Waals surface area contributed by atoms with E-state index in [1.165, 1.54) is 0 Å². The Labute approximate surface area is 106 Å². The number of carbonyl (C=O) groups is 1. The first-order valence-electron chi connectivity index (χ1n) is 4.97. The lowest BCUT2D eigenvalue weighted by Gasteiger charge is -2.07. The molecule has 0 aliphatic carbocycles. The van der Waals surface area contributed by atoms with Crippen molar-refractivity contribution in [3.63, 3.8) is 0 Å². The van der Waals surface area contributed by atoms with Gasteiger partial charge in [0.2, 0.25) is 0 Å². The van der Waals surface area contributed by atoms with Crippen LogP contribution in [-0.4, -0.2) is 11.1 Å². The predicted molar refractivity (Wildman–Crippen MR) is 63.8 cm³/mol. The Kier molecular flexibility index (Phi) is 3.30. The van der Waals surface area contributed by atoms with Gasteiger partial charge in [0.15, 0.2) is 11.6 Å². The molecule has 1 N–H and O–H groups in total. The number of aromatic carboxylic acids is 1. The average molecular weight is 269 g/mol. The van der Waals surface area contributed by atoms with E-state index in [1.807, 2.05) is 0 Å². The van der Waals surface area contributed by atoms with Crippen molar-refractivity contribution in [1.82, 2.24) is 0 Å². The Bertz CT molecular complexity index is 609. The summed E-state index contributed by atoms with van der Waals surface area (Å²) in [7, 11) is 0. The minimum absolute atomic E-state index is 0.109. The molecule has 2 aromatic rings. The van der Waals surface area contributed by atoms with Gasteiger partial charge in [-0.15, -0.1) is 0 Å². The summed E-state index contributed by atoms with van der Waals surface area (Å²) in [6, 6.07) is 7.71.